The molecule has 3 aromatic rings. The van der Waals surface area contributed by atoms with Gasteiger partial charge in [0.25, 0.3) is 0 Å². The number of benzene rings is 2. The standard InChI is InChI=1S/C15H12O3/c1-17-15-9-11(6-7-12(15)16)14-8-10-4-2-3-5-13(10)18-14/h2-9,16H,1H3. The average molecular weight is 240 g/mol. The van der Waals surface area contributed by atoms with Crippen molar-refractivity contribution in [3.63, 3.8) is 0 Å². The number of hydrogen-bond acceptors (Lipinski definition) is 3. The molecule has 1 heterocycles. The number of phenolic OH excluding ortho intramolecular Hbond substituents is 1. The van der Waals surface area contributed by atoms with Gasteiger partial charge in [0.15, 0.2) is 11.5 Å². The molecule has 1 N–H and O–H groups in total. The van der Waals surface area contributed by atoms with Gasteiger partial charge in [-0.1, -0.05) is 18.2 Å². The highest BCUT2D eigenvalue weighted by molar-refractivity contribution is 5.83. The molecule has 0 spiro atoms. The fourth-order valence-corrected chi connectivity index (χ4v) is 1.96. The van der Waals surface area contributed by atoms with E-state index in [4.69, 9.17) is 9.15 Å². The molecule has 0 aliphatic carbocycles. The van der Waals surface area contributed by atoms with Crippen LogP contribution in [0.3, 0.4) is 0 Å². The Morgan fingerprint density at radius 3 is 2.67 bits per heavy atom. The number of aromatic hydroxyl groups is 1. The van der Waals surface area contributed by atoms with Crippen molar-refractivity contribution in [3.8, 4) is 22.8 Å². The van der Waals surface area contributed by atoms with Crippen molar-refractivity contribution in [2.45, 2.75) is 0 Å². The Labute approximate surface area is 104 Å². The minimum Gasteiger partial charge on any atom is -0.504 e. The predicted molar refractivity (Wildman–Crippen MR) is 69.9 cm³/mol. The van der Waals surface area contributed by atoms with Gasteiger partial charge in [0.2, 0.25) is 0 Å². The van der Waals surface area contributed by atoms with Crippen LogP contribution in [-0.2, 0) is 0 Å². The molecule has 0 aliphatic rings. The van der Waals surface area contributed by atoms with Crippen LogP contribution in [0.2, 0.25) is 0 Å². The van der Waals surface area contributed by atoms with Crippen LogP contribution in [-0.4, -0.2) is 12.2 Å². The van der Waals surface area contributed by atoms with E-state index in [1.165, 1.54) is 7.11 Å². The van der Waals surface area contributed by atoms with Crippen LogP contribution in [0.5, 0.6) is 11.5 Å². The number of fused-ring (bicyclic) bond motifs is 1. The SMILES string of the molecule is COc1cc(-c2cc3ccccc3o2)ccc1O. The van der Waals surface area contributed by atoms with Gasteiger partial charge in [0.1, 0.15) is 11.3 Å². The van der Waals surface area contributed by atoms with Gasteiger partial charge in [0.05, 0.1) is 7.11 Å². The highest BCUT2D eigenvalue weighted by Crippen LogP contribution is 2.33. The molecule has 0 fully saturated rings. The van der Waals surface area contributed by atoms with Crippen LogP contribution < -0.4 is 4.74 Å². The summed E-state index contributed by atoms with van der Waals surface area (Å²) in [5.74, 6) is 1.32. The summed E-state index contributed by atoms with van der Waals surface area (Å²) in [7, 11) is 1.53. The first-order valence-electron chi connectivity index (χ1n) is 5.64. The topological polar surface area (TPSA) is 42.6 Å². The molecule has 3 nitrogen and oxygen atoms in total. The Balaban J connectivity index is 2.13. The number of phenols is 1. The van der Waals surface area contributed by atoms with Crippen LogP contribution in [0.15, 0.2) is 52.9 Å². The van der Waals surface area contributed by atoms with Gasteiger partial charge in [-0.15, -0.1) is 0 Å². The predicted octanol–water partition coefficient (Wildman–Crippen LogP) is 3.81. The van der Waals surface area contributed by atoms with E-state index in [0.29, 0.717) is 5.75 Å². The molecule has 0 bridgehead atoms. The minimum atomic E-state index is 0.123. The second-order valence-electron chi connectivity index (χ2n) is 4.04. The highest BCUT2D eigenvalue weighted by Gasteiger charge is 2.09. The third-order valence-electron chi connectivity index (χ3n) is 2.89. The Hall–Kier alpha value is -2.42. The number of rotatable bonds is 2. The van der Waals surface area contributed by atoms with Gasteiger partial charge in [-0.2, -0.15) is 0 Å². The third kappa shape index (κ3) is 1.70. The van der Waals surface area contributed by atoms with E-state index in [2.05, 4.69) is 0 Å². The Kier molecular flexibility index (Phi) is 2.45. The smallest absolute Gasteiger partial charge is 0.161 e. The van der Waals surface area contributed by atoms with E-state index >= 15 is 0 Å². The van der Waals surface area contributed by atoms with Crippen molar-refractivity contribution < 1.29 is 14.3 Å². The maximum atomic E-state index is 9.57. The first-order chi connectivity index (χ1) is 8.78. The van der Waals surface area contributed by atoms with Crippen LogP contribution in [0.25, 0.3) is 22.3 Å². The molecule has 0 atom stereocenters. The molecule has 18 heavy (non-hydrogen) atoms. The summed E-state index contributed by atoms with van der Waals surface area (Å²) in [6, 6.07) is 15.0. The summed E-state index contributed by atoms with van der Waals surface area (Å²) in [6.45, 7) is 0. The number of ether oxygens (including phenoxy) is 1. The lowest BCUT2D eigenvalue weighted by atomic mass is 10.1. The lowest BCUT2D eigenvalue weighted by molar-refractivity contribution is 0.373. The first-order valence-corrected chi connectivity index (χ1v) is 5.64. The quantitative estimate of drug-likeness (QED) is 0.740. The van der Waals surface area contributed by atoms with Crippen molar-refractivity contribution in [1.29, 1.82) is 0 Å². The molecule has 90 valence electrons. The van der Waals surface area contributed by atoms with Gasteiger partial charge in [-0.25, -0.2) is 0 Å². The number of furan rings is 1. The normalized spacial score (nSPS) is 10.7. The second kappa shape index (κ2) is 4.11. The van der Waals surface area contributed by atoms with Gasteiger partial charge < -0.3 is 14.3 Å². The summed E-state index contributed by atoms with van der Waals surface area (Å²) in [4.78, 5) is 0. The summed E-state index contributed by atoms with van der Waals surface area (Å²) in [5, 5.41) is 10.6. The fraction of sp³-hybridized carbons (Fsp3) is 0.0667. The average Bonchev–Trinajstić information content (AvgIpc) is 2.83. The van der Waals surface area contributed by atoms with E-state index in [9.17, 15) is 5.11 Å². The number of para-hydroxylation sites is 1. The molecule has 0 saturated carbocycles. The third-order valence-corrected chi connectivity index (χ3v) is 2.89. The zero-order chi connectivity index (χ0) is 12.5. The molecular weight excluding hydrogens is 228 g/mol. The van der Waals surface area contributed by atoms with E-state index in [-0.39, 0.29) is 5.75 Å². The maximum absolute atomic E-state index is 9.57. The zero-order valence-corrected chi connectivity index (χ0v) is 9.88. The summed E-state index contributed by atoms with van der Waals surface area (Å²) >= 11 is 0. The van der Waals surface area contributed by atoms with E-state index in [1.807, 2.05) is 30.3 Å². The van der Waals surface area contributed by atoms with E-state index in [1.54, 1.807) is 18.2 Å². The van der Waals surface area contributed by atoms with Crippen LogP contribution in [0.4, 0.5) is 0 Å². The van der Waals surface area contributed by atoms with Crippen LogP contribution >= 0.6 is 0 Å². The molecule has 0 unspecified atom stereocenters. The van der Waals surface area contributed by atoms with Crippen molar-refractivity contribution >= 4 is 11.0 Å². The Morgan fingerprint density at radius 2 is 1.89 bits per heavy atom. The fourth-order valence-electron chi connectivity index (χ4n) is 1.96. The van der Waals surface area contributed by atoms with Crippen molar-refractivity contribution in [3.05, 3.63) is 48.5 Å². The molecule has 3 rings (SSSR count). The van der Waals surface area contributed by atoms with Crippen LogP contribution in [0.1, 0.15) is 0 Å². The molecule has 0 aliphatic heterocycles. The van der Waals surface area contributed by atoms with E-state index in [0.717, 1.165) is 22.3 Å². The lowest BCUT2D eigenvalue weighted by Gasteiger charge is -2.04. The monoisotopic (exact) mass is 240 g/mol. The van der Waals surface area contributed by atoms with Gasteiger partial charge in [-0.05, 0) is 30.3 Å². The zero-order valence-electron chi connectivity index (χ0n) is 9.88. The first kappa shape index (κ1) is 10.7. The van der Waals surface area contributed by atoms with E-state index < -0.39 is 0 Å². The summed E-state index contributed by atoms with van der Waals surface area (Å²) < 4.78 is 10.8. The maximum Gasteiger partial charge on any atom is 0.161 e. The molecule has 0 radical (unpaired) electrons. The Bertz CT molecular complexity index is 665. The molecule has 1 aromatic heterocycles. The second-order valence-corrected chi connectivity index (χ2v) is 4.04. The van der Waals surface area contributed by atoms with Gasteiger partial charge >= 0.3 is 0 Å². The molecule has 2 aromatic carbocycles. The Morgan fingerprint density at radius 1 is 1.06 bits per heavy atom. The number of hydrogen-bond donors (Lipinski definition) is 1. The lowest BCUT2D eigenvalue weighted by Crippen LogP contribution is -1.84. The summed E-state index contributed by atoms with van der Waals surface area (Å²) in [5.41, 5.74) is 1.72. The molecule has 0 saturated heterocycles. The number of methoxy groups -OCH3 is 1. The largest absolute Gasteiger partial charge is 0.504 e. The molecule has 3 heteroatoms. The minimum absolute atomic E-state index is 0.123. The van der Waals surface area contributed by atoms with Crippen molar-refractivity contribution in [1.82, 2.24) is 0 Å². The van der Waals surface area contributed by atoms with Crippen molar-refractivity contribution in [2.24, 2.45) is 0 Å². The molecular formula is C15H12O3. The van der Waals surface area contributed by atoms with Crippen molar-refractivity contribution in [2.75, 3.05) is 7.11 Å². The van der Waals surface area contributed by atoms with Gasteiger partial charge in [0, 0.05) is 10.9 Å². The highest BCUT2D eigenvalue weighted by atomic mass is 16.5. The van der Waals surface area contributed by atoms with Gasteiger partial charge in [-0.3, -0.25) is 0 Å². The van der Waals surface area contributed by atoms with Crippen LogP contribution in [0, 0.1) is 0 Å². The summed E-state index contributed by atoms with van der Waals surface area (Å²) in [6.07, 6.45) is 0. The molecule has 0 amide bonds.